The molecule has 0 aromatic heterocycles. The molecule has 3 nitrogen and oxygen atoms in total. The zero-order valence-electron chi connectivity index (χ0n) is 12.2. The summed E-state index contributed by atoms with van der Waals surface area (Å²) in [6, 6.07) is 13.6. The van der Waals surface area contributed by atoms with Gasteiger partial charge in [0.2, 0.25) is 5.91 Å². The number of aryl methyl sites for hydroxylation is 2. The van der Waals surface area contributed by atoms with Crippen molar-refractivity contribution in [2.45, 2.75) is 19.8 Å². The Labute approximate surface area is 133 Å². The van der Waals surface area contributed by atoms with Gasteiger partial charge in [0.1, 0.15) is 0 Å². The van der Waals surface area contributed by atoms with Gasteiger partial charge in [-0.1, -0.05) is 36.4 Å². The monoisotopic (exact) mass is 346 g/mol. The summed E-state index contributed by atoms with van der Waals surface area (Å²) < 4.78 is 0.886. The molecule has 0 saturated carbocycles. The van der Waals surface area contributed by atoms with E-state index in [2.05, 4.69) is 21.2 Å². The number of anilines is 1. The fraction of sp³-hybridized carbons (Fsp3) is 0.235. The summed E-state index contributed by atoms with van der Waals surface area (Å²) in [4.78, 5) is 12.5. The van der Waals surface area contributed by atoms with Crippen molar-refractivity contribution in [3.63, 3.8) is 0 Å². The summed E-state index contributed by atoms with van der Waals surface area (Å²) in [5.41, 5.74) is 9.70. The van der Waals surface area contributed by atoms with Crippen LogP contribution in [0.4, 0.5) is 5.69 Å². The van der Waals surface area contributed by atoms with Crippen LogP contribution in [0.1, 0.15) is 22.6 Å². The van der Waals surface area contributed by atoms with Crippen molar-refractivity contribution in [1.29, 1.82) is 0 Å². The van der Waals surface area contributed by atoms with E-state index in [4.69, 9.17) is 5.73 Å². The SMILES string of the molecule is Cc1cc(C)c(NC(=O)C(CN)c2ccccc2)c(Br)c1. The normalized spacial score (nSPS) is 12.0. The van der Waals surface area contributed by atoms with Gasteiger partial charge in [-0.15, -0.1) is 0 Å². The van der Waals surface area contributed by atoms with Crippen LogP contribution >= 0.6 is 15.9 Å². The standard InChI is InChI=1S/C17H19BrN2O/c1-11-8-12(2)16(15(18)9-11)20-17(21)14(10-19)13-6-4-3-5-7-13/h3-9,14H,10,19H2,1-2H3,(H,20,21). The lowest BCUT2D eigenvalue weighted by Gasteiger charge is -2.17. The lowest BCUT2D eigenvalue weighted by Crippen LogP contribution is -2.27. The first-order valence-electron chi connectivity index (χ1n) is 6.85. The average Bonchev–Trinajstić information content (AvgIpc) is 2.45. The summed E-state index contributed by atoms with van der Waals surface area (Å²) in [6.07, 6.45) is 0. The van der Waals surface area contributed by atoms with Gasteiger partial charge in [-0.05, 0) is 52.5 Å². The van der Waals surface area contributed by atoms with Crippen molar-refractivity contribution in [2.24, 2.45) is 5.73 Å². The van der Waals surface area contributed by atoms with Crippen molar-refractivity contribution in [1.82, 2.24) is 0 Å². The second-order valence-corrected chi connectivity index (χ2v) is 5.98. The van der Waals surface area contributed by atoms with E-state index in [1.54, 1.807) is 0 Å². The van der Waals surface area contributed by atoms with Gasteiger partial charge in [0, 0.05) is 11.0 Å². The molecule has 0 aliphatic carbocycles. The van der Waals surface area contributed by atoms with E-state index in [9.17, 15) is 4.79 Å². The Morgan fingerprint density at radius 1 is 1.24 bits per heavy atom. The second-order valence-electron chi connectivity index (χ2n) is 5.13. The Balaban J connectivity index is 2.25. The molecule has 0 bridgehead atoms. The summed E-state index contributed by atoms with van der Waals surface area (Å²) >= 11 is 3.51. The van der Waals surface area contributed by atoms with E-state index in [1.165, 1.54) is 0 Å². The Kier molecular flexibility index (Phi) is 5.15. The number of rotatable bonds is 4. The first-order valence-corrected chi connectivity index (χ1v) is 7.65. The van der Waals surface area contributed by atoms with Gasteiger partial charge >= 0.3 is 0 Å². The molecule has 21 heavy (non-hydrogen) atoms. The number of carbonyl (C=O) groups excluding carboxylic acids is 1. The van der Waals surface area contributed by atoms with Crippen molar-refractivity contribution in [2.75, 3.05) is 11.9 Å². The molecule has 0 aliphatic rings. The fourth-order valence-corrected chi connectivity index (χ4v) is 3.14. The van der Waals surface area contributed by atoms with Gasteiger partial charge in [0.05, 0.1) is 11.6 Å². The molecular formula is C17H19BrN2O. The number of nitrogens with one attached hydrogen (secondary N) is 1. The highest BCUT2D eigenvalue weighted by Gasteiger charge is 2.20. The van der Waals surface area contributed by atoms with Crippen LogP contribution in [-0.2, 0) is 4.79 Å². The van der Waals surface area contributed by atoms with Gasteiger partial charge < -0.3 is 11.1 Å². The lowest BCUT2D eigenvalue weighted by molar-refractivity contribution is -0.117. The van der Waals surface area contributed by atoms with E-state index in [0.717, 1.165) is 26.9 Å². The molecule has 0 heterocycles. The van der Waals surface area contributed by atoms with Gasteiger partial charge in [0.15, 0.2) is 0 Å². The minimum Gasteiger partial charge on any atom is -0.329 e. The molecule has 2 aromatic carbocycles. The number of halogens is 1. The Hall–Kier alpha value is -1.65. The summed E-state index contributed by atoms with van der Waals surface area (Å²) in [5, 5.41) is 2.99. The summed E-state index contributed by atoms with van der Waals surface area (Å²) in [5.74, 6) is -0.435. The number of hydrogen-bond donors (Lipinski definition) is 2. The maximum absolute atomic E-state index is 12.5. The van der Waals surface area contributed by atoms with Crippen molar-refractivity contribution in [3.8, 4) is 0 Å². The highest BCUT2D eigenvalue weighted by Crippen LogP contribution is 2.29. The molecule has 1 amide bonds. The third-order valence-electron chi connectivity index (χ3n) is 3.43. The van der Waals surface area contributed by atoms with Gasteiger partial charge in [-0.3, -0.25) is 4.79 Å². The molecule has 2 rings (SSSR count). The first-order chi connectivity index (χ1) is 10.0. The van der Waals surface area contributed by atoms with Crippen LogP contribution in [0.25, 0.3) is 0 Å². The number of carbonyl (C=O) groups is 1. The van der Waals surface area contributed by atoms with E-state index in [0.29, 0.717) is 0 Å². The third-order valence-corrected chi connectivity index (χ3v) is 4.06. The van der Waals surface area contributed by atoms with Crippen LogP contribution in [-0.4, -0.2) is 12.5 Å². The molecule has 2 aromatic rings. The smallest absolute Gasteiger partial charge is 0.233 e. The van der Waals surface area contributed by atoms with Crippen LogP contribution < -0.4 is 11.1 Å². The van der Waals surface area contributed by atoms with Crippen LogP contribution in [0.2, 0.25) is 0 Å². The summed E-state index contributed by atoms with van der Waals surface area (Å²) in [6.45, 7) is 4.28. The molecule has 110 valence electrons. The van der Waals surface area contributed by atoms with E-state index >= 15 is 0 Å². The van der Waals surface area contributed by atoms with E-state index in [-0.39, 0.29) is 18.4 Å². The van der Waals surface area contributed by atoms with E-state index < -0.39 is 0 Å². The largest absolute Gasteiger partial charge is 0.329 e. The number of benzene rings is 2. The molecule has 4 heteroatoms. The number of hydrogen-bond acceptors (Lipinski definition) is 2. The van der Waals surface area contributed by atoms with E-state index in [1.807, 2.05) is 56.3 Å². The predicted octanol–water partition coefficient (Wildman–Crippen LogP) is 3.75. The predicted molar refractivity (Wildman–Crippen MR) is 90.5 cm³/mol. The van der Waals surface area contributed by atoms with Crippen molar-refractivity contribution in [3.05, 3.63) is 63.6 Å². The van der Waals surface area contributed by atoms with Gasteiger partial charge in [-0.2, -0.15) is 0 Å². The van der Waals surface area contributed by atoms with Crippen LogP contribution in [0.5, 0.6) is 0 Å². The molecular weight excluding hydrogens is 328 g/mol. The number of nitrogens with two attached hydrogens (primary N) is 1. The van der Waals surface area contributed by atoms with Gasteiger partial charge in [-0.25, -0.2) is 0 Å². The fourth-order valence-electron chi connectivity index (χ4n) is 2.36. The van der Waals surface area contributed by atoms with Crippen LogP contribution in [0.3, 0.4) is 0 Å². The average molecular weight is 347 g/mol. The molecule has 0 fully saturated rings. The highest BCUT2D eigenvalue weighted by molar-refractivity contribution is 9.10. The third kappa shape index (κ3) is 3.71. The van der Waals surface area contributed by atoms with Crippen LogP contribution in [0, 0.1) is 13.8 Å². The number of amides is 1. The molecule has 1 unspecified atom stereocenters. The van der Waals surface area contributed by atoms with Crippen LogP contribution in [0.15, 0.2) is 46.9 Å². The molecule has 0 saturated heterocycles. The zero-order chi connectivity index (χ0) is 15.4. The first kappa shape index (κ1) is 15.7. The molecule has 1 atom stereocenters. The maximum Gasteiger partial charge on any atom is 0.233 e. The molecule has 0 aliphatic heterocycles. The second kappa shape index (κ2) is 6.87. The quantitative estimate of drug-likeness (QED) is 0.885. The zero-order valence-corrected chi connectivity index (χ0v) is 13.8. The molecule has 0 spiro atoms. The van der Waals surface area contributed by atoms with Crippen molar-refractivity contribution < 1.29 is 4.79 Å². The lowest BCUT2D eigenvalue weighted by atomic mass is 9.98. The Bertz CT molecular complexity index is 617. The Morgan fingerprint density at radius 2 is 1.90 bits per heavy atom. The maximum atomic E-state index is 12.5. The van der Waals surface area contributed by atoms with Gasteiger partial charge in [0.25, 0.3) is 0 Å². The van der Waals surface area contributed by atoms with Crippen molar-refractivity contribution >= 4 is 27.5 Å². The topological polar surface area (TPSA) is 55.1 Å². The molecule has 0 radical (unpaired) electrons. The minimum atomic E-state index is -0.348. The minimum absolute atomic E-state index is 0.0867. The summed E-state index contributed by atoms with van der Waals surface area (Å²) in [7, 11) is 0. The Morgan fingerprint density at radius 3 is 2.48 bits per heavy atom. The molecule has 3 N–H and O–H groups in total. The highest BCUT2D eigenvalue weighted by atomic mass is 79.9.